The third-order valence-electron chi connectivity index (χ3n) is 5.89. The smallest absolute Gasteiger partial charge is 0.193 e. The molecule has 4 rings (SSSR count). The number of nitrogens with zero attached hydrogens (tertiary/aromatic N) is 3. The lowest BCUT2D eigenvalue weighted by Crippen LogP contribution is -2.48. The van der Waals surface area contributed by atoms with E-state index in [4.69, 9.17) is 14.5 Å². The molecule has 2 aromatic rings. The molecule has 168 valence electrons. The summed E-state index contributed by atoms with van der Waals surface area (Å²) in [7, 11) is 0. The Hall–Kier alpha value is -2.09. The number of rotatable bonds is 7. The molecule has 1 aromatic carbocycles. The zero-order valence-corrected chi connectivity index (χ0v) is 19.2. The first-order valence-electron chi connectivity index (χ1n) is 11.4. The van der Waals surface area contributed by atoms with Crippen LogP contribution >= 0.6 is 11.3 Å². The Bertz CT molecular complexity index is 785. The van der Waals surface area contributed by atoms with Gasteiger partial charge in [0.05, 0.1) is 25.8 Å². The Labute approximate surface area is 189 Å². The number of likely N-dealkylation sites (tertiary alicyclic amines) is 1. The van der Waals surface area contributed by atoms with Gasteiger partial charge in [-0.15, -0.1) is 11.3 Å². The van der Waals surface area contributed by atoms with Crippen molar-refractivity contribution in [3.05, 3.63) is 52.7 Å². The summed E-state index contributed by atoms with van der Waals surface area (Å²) < 4.78 is 11.7. The zero-order valence-electron chi connectivity index (χ0n) is 18.4. The molecule has 0 radical (unpaired) electrons. The van der Waals surface area contributed by atoms with Crippen molar-refractivity contribution in [1.29, 1.82) is 0 Å². The van der Waals surface area contributed by atoms with Gasteiger partial charge in [0.1, 0.15) is 11.9 Å². The van der Waals surface area contributed by atoms with Gasteiger partial charge in [0.2, 0.25) is 0 Å². The number of hydrogen-bond donors (Lipinski definition) is 1. The van der Waals surface area contributed by atoms with Crippen LogP contribution in [0.1, 0.15) is 30.7 Å². The molecule has 2 aliphatic heterocycles. The van der Waals surface area contributed by atoms with E-state index in [2.05, 4.69) is 39.6 Å². The van der Waals surface area contributed by atoms with Gasteiger partial charge in [-0.3, -0.25) is 9.89 Å². The highest BCUT2D eigenvalue weighted by atomic mass is 32.1. The summed E-state index contributed by atoms with van der Waals surface area (Å²) in [4.78, 5) is 11.4. The third kappa shape index (κ3) is 6.21. The SMILES string of the molecule is CCNC(=NCC(c1cccs1)N1CCOCC1)N1CCC(Oc2ccccc2)CC1. The number of hydrogen-bond acceptors (Lipinski definition) is 5. The van der Waals surface area contributed by atoms with Gasteiger partial charge in [-0.25, -0.2) is 0 Å². The maximum absolute atomic E-state index is 6.17. The number of ether oxygens (including phenoxy) is 2. The van der Waals surface area contributed by atoms with E-state index < -0.39 is 0 Å². The molecule has 2 saturated heterocycles. The summed E-state index contributed by atoms with van der Waals surface area (Å²) in [6, 6.07) is 14.8. The number of para-hydroxylation sites is 1. The van der Waals surface area contributed by atoms with E-state index >= 15 is 0 Å². The first-order chi connectivity index (χ1) is 15.3. The van der Waals surface area contributed by atoms with Crippen molar-refractivity contribution in [2.45, 2.75) is 31.9 Å². The van der Waals surface area contributed by atoms with Crippen LogP contribution in [0.3, 0.4) is 0 Å². The Morgan fingerprint density at radius 3 is 2.58 bits per heavy atom. The fraction of sp³-hybridized carbons (Fsp3) is 0.542. The van der Waals surface area contributed by atoms with Gasteiger partial charge < -0.3 is 19.7 Å². The van der Waals surface area contributed by atoms with Crippen LogP contribution in [-0.2, 0) is 4.74 Å². The minimum Gasteiger partial charge on any atom is -0.490 e. The van der Waals surface area contributed by atoms with Crippen LogP contribution in [0.4, 0.5) is 0 Å². The van der Waals surface area contributed by atoms with E-state index in [0.29, 0.717) is 6.04 Å². The van der Waals surface area contributed by atoms with Gasteiger partial charge in [0, 0.05) is 50.4 Å². The van der Waals surface area contributed by atoms with Crippen molar-refractivity contribution in [2.75, 3.05) is 52.5 Å². The Kier molecular flexibility index (Phi) is 8.21. The maximum Gasteiger partial charge on any atom is 0.193 e. The summed E-state index contributed by atoms with van der Waals surface area (Å²) in [5, 5.41) is 5.68. The van der Waals surface area contributed by atoms with Crippen molar-refractivity contribution in [2.24, 2.45) is 4.99 Å². The van der Waals surface area contributed by atoms with Crippen molar-refractivity contribution < 1.29 is 9.47 Å². The van der Waals surface area contributed by atoms with E-state index in [1.165, 1.54) is 4.88 Å². The molecule has 7 heteroatoms. The Morgan fingerprint density at radius 2 is 1.90 bits per heavy atom. The summed E-state index contributed by atoms with van der Waals surface area (Å²) in [6.07, 6.45) is 2.29. The molecular formula is C24H34N4O2S. The molecule has 2 fully saturated rings. The van der Waals surface area contributed by atoms with Crippen LogP contribution in [0.15, 0.2) is 52.8 Å². The van der Waals surface area contributed by atoms with Gasteiger partial charge in [-0.2, -0.15) is 0 Å². The molecule has 6 nitrogen and oxygen atoms in total. The van der Waals surface area contributed by atoms with Crippen molar-refractivity contribution in [3.63, 3.8) is 0 Å². The predicted octanol–water partition coefficient (Wildman–Crippen LogP) is 3.63. The summed E-state index contributed by atoms with van der Waals surface area (Å²) in [5.41, 5.74) is 0. The maximum atomic E-state index is 6.17. The molecule has 0 bridgehead atoms. The van der Waals surface area contributed by atoms with E-state index in [9.17, 15) is 0 Å². The van der Waals surface area contributed by atoms with Crippen LogP contribution in [0.2, 0.25) is 0 Å². The number of morpholine rings is 1. The van der Waals surface area contributed by atoms with Crippen LogP contribution in [0.25, 0.3) is 0 Å². The summed E-state index contributed by atoms with van der Waals surface area (Å²) in [6.45, 7) is 9.26. The molecule has 0 saturated carbocycles. The predicted molar refractivity (Wildman–Crippen MR) is 127 cm³/mol. The summed E-state index contributed by atoms with van der Waals surface area (Å²) >= 11 is 1.82. The first-order valence-corrected chi connectivity index (χ1v) is 12.3. The minimum absolute atomic E-state index is 0.272. The van der Waals surface area contributed by atoms with Crippen LogP contribution < -0.4 is 10.1 Å². The average molecular weight is 443 g/mol. The van der Waals surface area contributed by atoms with E-state index in [1.54, 1.807) is 0 Å². The van der Waals surface area contributed by atoms with Gasteiger partial charge in [-0.1, -0.05) is 24.3 Å². The molecule has 3 heterocycles. The topological polar surface area (TPSA) is 49.3 Å². The molecule has 0 aliphatic carbocycles. The van der Waals surface area contributed by atoms with Gasteiger partial charge in [0.25, 0.3) is 0 Å². The lowest BCUT2D eigenvalue weighted by Gasteiger charge is -2.36. The number of aliphatic imine (C=N–C) groups is 1. The summed E-state index contributed by atoms with van der Waals surface area (Å²) in [5.74, 6) is 1.99. The van der Waals surface area contributed by atoms with Crippen molar-refractivity contribution in [3.8, 4) is 5.75 Å². The minimum atomic E-state index is 0.272. The number of thiophene rings is 1. The fourth-order valence-electron chi connectivity index (χ4n) is 4.23. The second kappa shape index (κ2) is 11.5. The molecule has 2 aliphatic rings. The largest absolute Gasteiger partial charge is 0.490 e. The van der Waals surface area contributed by atoms with E-state index in [0.717, 1.165) is 77.0 Å². The third-order valence-corrected chi connectivity index (χ3v) is 6.87. The lowest BCUT2D eigenvalue weighted by molar-refractivity contribution is 0.0186. The zero-order chi connectivity index (χ0) is 21.3. The van der Waals surface area contributed by atoms with Gasteiger partial charge >= 0.3 is 0 Å². The number of benzene rings is 1. The van der Waals surface area contributed by atoms with Crippen LogP contribution in [-0.4, -0.2) is 74.3 Å². The Balaban J connectivity index is 1.38. The number of nitrogens with one attached hydrogen (secondary N) is 1. The highest BCUT2D eigenvalue weighted by molar-refractivity contribution is 7.10. The van der Waals surface area contributed by atoms with Crippen molar-refractivity contribution in [1.82, 2.24) is 15.1 Å². The standard InChI is InChI=1S/C24H34N4O2S/c1-2-25-24(28-12-10-21(11-13-28)30-20-7-4-3-5-8-20)26-19-22(23-9-6-18-31-23)27-14-16-29-17-15-27/h3-9,18,21-22H,2,10-17,19H2,1H3,(H,25,26). The molecule has 1 N–H and O–H groups in total. The molecule has 1 unspecified atom stereocenters. The van der Waals surface area contributed by atoms with Crippen LogP contribution in [0.5, 0.6) is 5.75 Å². The first kappa shape index (κ1) is 22.1. The Morgan fingerprint density at radius 1 is 1.13 bits per heavy atom. The molecule has 31 heavy (non-hydrogen) atoms. The normalized spacial score (nSPS) is 19.9. The second-order valence-corrected chi connectivity index (χ2v) is 8.97. The van der Waals surface area contributed by atoms with Crippen LogP contribution in [0, 0.1) is 0 Å². The monoisotopic (exact) mass is 442 g/mol. The second-order valence-electron chi connectivity index (χ2n) is 7.99. The van der Waals surface area contributed by atoms with Crippen molar-refractivity contribution >= 4 is 17.3 Å². The lowest BCUT2D eigenvalue weighted by atomic mass is 10.1. The van der Waals surface area contributed by atoms with E-state index in [1.807, 2.05) is 41.7 Å². The highest BCUT2D eigenvalue weighted by Crippen LogP contribution is 2.26. The van der Waals surface area contributed by atoms with Gasteiger partial charge in [0.15, 0.2) is 5.96 Å². The number of guanidine groups is 1. The quantitative estimate of drug-likeness (QED) is 0.524. The average Bonchev–Trinajstić information content (AvgIpc) is 3.35. The molecule has 0 spiro atoms. The van der Waals surface area contributed by atoms with Gasteiger partial charge in [-0.05, 0) is 30.5 Å². The molecule has 1 atom stereocenters. The molecule has 1 aromatic heterocycles. The fourth-order valence-corrected chi connectivity index (χ4v) is 5.08. The number of piperidine rings is 1. The van der Waals surface area contributed by atoms with E-state index in [-0.39, 0.29) is 6.10 Å². The highest BCUT2D eigenvalue weighted by Gasteiger charge is 2.26. The molecule has 0 amide bonds. The molecular weight excluding hydrogens is 408 g/mol.